The summed E-state index contributed by atoms with van der Waals surface area (Å²) in [5, 5.41) is 3.56. The van der Waals surface area contributed by atoms with Crippen molar-refractivity contribution in [3.8, 4) is 0 Å². The Balaban J connectivity index is 1.68. The molecule has 0 aliphatic heterocycles. The summed E-state index contributed by atoms with van der Waals surface area (Å²) >= 11 is 0. The lowest BCUT2D eigenvalue weighted by atomic mass is 9.87. The second-order valence-corrected chi connectivity index (χ2v) is 7.35. The van der Waals surface area contributed by atoms with Crippen LogP contribution in [0, 0.1) is 11.3 Å². The first-order valence-electron chi connectivity index (χ1n) is 8.31. The molecule has 1 aliphatic rings. The predicted octanol–water partition coefficient (Wildman–Crippen LogP) is 5.10. The summed E-state index contributed by atoms with van der Waals surface area (Å²) in [6.07, 6.45) is 6.60. The number of unbranched alkanes of at least 4 members (excludes halogenated alkanes) is 2. The molecule has 0 bridgehead atoms. The molecule has 2 unspecified atom stereocenters. The molecule has 2 nitrogen and oxygen atoms in total. The van der Waals surface area contributed by atoms with Crippen LogP contribution < -0.4 is 5.32 Å². The summed E-state index contributed by atoms with van der Waals surface area (Å²) in [5.74, 6) is 3.79. The second-order valence-electron chi connectivity index (χ2n) is 7.35. The smallest absolute Gasteiger partial charge is 0.117 e. The van der Waals surface area contributed by atoms with Crippen LogP contribution in [0.5, 0.6) is 0 Å². The van der Waals surface area contributed by atoms with E-state index >= 15 is 0 Å². The minimum atomic E-state index is 0.385. The molecular weight excluding hydrogens is 246 g/mol. The Morgan fingerprint density at radius 2 is 2.05 bits per heavy atom. The molecular formula is C18H31NO. The maximum atomic E-state index is 5.93. The van der Waals surface area contributed by atoms with Gasteiger partial charge in [0, 0.05) is 12.5 Å². The van der Waals surface area contributed by atoms with Crippen LogP contribution in [0.25, 0.3) is 0 Å². The van der Waals surface area contributed by atoms with E-state index in [2.05, 4.69) is 45.1 Å². The third kappa shape index (κ3) is 4.66. The number of furan rings is 1. The molecule has 1 fully saturated rings. The summed E-state index contributed by atoms with van der Waals surface area (Å²) in [6, 6.07) is 4.30. The van der Waals surface area contributed by atoms with E-state index in [4.69, 9.17) is 4.42 Å². The van der Waals surface area contributed by atoms with Crippen LogP contribution in [0.2, 0.25) is 0 Å². The first-order chi connectivity index (χ1) is 9.52. The van der Waals surface area contributed by atoms with E-state index in [1.54, 1.807) is 0 Å². The highest BCUT2D eigenvalue weighted by molar-refractivity contribution is 5.17. The summed E-state index contributed by atoms with van der Waals surface area (Å²) in [4.78, 5) is 0. The molecule has 1 aliphatic carbocycles. The Morgan fingerprint density at radius 1 is 1.30 bits per heavy atom. The van der Waals surface area contributed by atoms with Crippen LogP contribution >= 0.6 is 0 Å². The molecule has 2 atom stereocenters. The normalized spacial score (nSPS) is 22.2. The number of hydrogen-bond donors (Lipinski definition) is 1. The third-order valence-electron chi connectivity index (χ3n) is 4.52. The van der Waals surface area contributed by atoms with Crippen molar-refractivity contribution in [1.29, 1.82) is 0 Å². The molecule has 1 heterocycles. The van der Waals surface area contributed by atoms with E-state index in [1.807, 2.05) is 0 Å². The Morgan fingerprint density at radius 3 is 2.70 bits per heavy atom. The minimum Gasteiger partial charge on any atom is -0.464 e. The van der Waals surface area contributed by atoms with Crippen molar-refractivity contribution in [2.75, 3.05) is 6.54 Å². The Bertz CT molecular complexity index is 407. The zero-order valence-electron chi connectivity index (χ0n) is 13.7. The fourth-order valence-electron chi connectivity index (χ4n) is 2.87. The van der Waals surface area contributed by atoms with Gasteiger partial charge in [-0.15, -0.1) is 0 Å². The quantitative estimate of drug-likeness (QED) is 0.635. The van der Waals surface area contributed by atoms with Gasteiger partial charge in [-0.05, 0) is 36.3 Å². The van der Waals surface area contributed by atoms with Crippen LogP contribution in [-0.4, -0.2) is 6.54 Å². The van der Waals surface area contributed by atoms with Gasteiger partial charge in [0.2, 0.25) is 0 Å². The molecule has 0 amide bonds. The largest absolute Gasteiger partial charge is 0.464 e. The van der Waals surface area contributed by atoms with Crippen molar-refractivity contribution < 1.29 is 4.42 Å². The molecule has 0 radical (unpaired) electrons. The van der Waals surface area contributed by atoms with E-state index in [-0.39, 0.29) is 0 Å². The van der Waals surface area contributed by atoms with Crippen LogP contribution in [0.3, 0.4) is 0 Å². The van der Waals surface area contributed by atoms with Gasteiger partial charge in [-0.3, -0.25) is 0 Å². The van der Waals surface area contributed by atoms with Gasteiger partial charge in [0.15, 0.2) is 0 Å². The molecule has 1 aromatic rings. The molecule has 2 rings (SSSR count). The highest BCUT2D eigenvalue weighted by Gasteiger charge is 2.36. The third-order valence-corrected chi connectivity index (χ3v) is 4.52. The lowest BCUT2D eigenvalue weighted by molar-refractivity contribution is 0.296. The van der Waals surface area contributed by atoms with Crippen molar-refractivity contribution in [2.24, 2.45) is 11.3 Å². The van der Waals surface area contributed by atoms with Crippen LogP contribution in [-0.2, 0) is 6.54 Å². The number of hydrogen-bond acceptors (Lipinski definition) is 2. The van der Waals surface area contributed by atoms with Gasteiger partial charge in [-0.25, -0.2) is 0 Å². The lowest BCUT2D eigenvalue weighted by Crippen LogP contribution is -2.28. The summed E-state index contributed by atoms with van der Waals surface area (Å²) in [5.41, 5.74) is 0.385. The van der Waals surface area contributed by atoms with Gasteiger partial charge in [0.1, 0.15) is 11.5 Å². The standard InChI is InChI=1S/C18H31NO/c1-5-6-7-10-18(3,4)13-19-12-15-8-9-17(20-15)16-11-14(16)2/h8-9,14,16,19H,5-7,10-13H2,1-4H3. The van der Waals surface area contributed by atoms with Gasteiger partial charge >= 0.3 is 0 Å². The first-order valence-corrected chi connectivity index (χ1v) is 8.31. The highest BCUT2D eigenvalue weighted by Crippen LogP contribution is 2.47. The number of rotatable bonds is 9. The maximum absolute atomic E-state index is 5.93. The molecule has 20 heavy (non-hydrogen) atoms. The maximum Gasteiger partial charge on any atom is 0.117 e. The van der Waals surface area contributed by atoms with Crippen molar-refractivity contribution in [2.45, 2.75) is 72.3 Å². The van der Waals surface area contributed by atoms with Gasteiger partial charge in [-0.1, -0.05) is 47.0 Å². The highest BCUT2D eigenvalue weighted by atomic mass is 16.3. The fourth-order valence-corrected chi connectivity index (χ4v) is 2.87. The van der Waals surface area contributed by atoms with E-state index < -0.39 is 0 Å². The average molecular weight is 277 g/mol. The molecule has 1 N–H and O–H groups in total. The minimum absolute atomic E-state index is 0.385. The van der Waals surface area contributed by atoms with Gasteiger partial charge in [0.05, 0.1) is 6.54 Å². The molecule has 0 saturated heterocycles. The van der Waals surface area contributed by atoms with Crippen molar-refractivity contribution in [3.63, 3.8) is 0 Å². The zero-order chi connectivity index (χ0) is 14.6. The Labute approximate surface area is 124 Å². The molecule has 0 spiro atoms. The van der Waals surface area contributed by atoms with Gasteiger partial charge < -0.3 is 9.73 Å². The lowest BCUT2D eigenvalue weighted by Gasteiger charge is -2.24. The summed E-state index contributed by atoms with van der Waals surface area (Å²) < 4.78 is 5.93. The number of nitrogens with one attached hydrogen (secondary N) is 1. The Kier molecular flexibility index (Phi) is 5.31. The molecule has 114 valence electrons. The predicted molar refractivity (Wildman–Crippen MR) is 84.9 cm³/mol. The zero-order valence-corrected chi connectivity index (χ0v) is 13.7. The van der Waals surface area contributed by atoms with Crippen molar-refractivity contribution in [3.05, 3.63) is 23.7 Å². The molecule has 1 saturated carbocycles. The molecule has 2 heteroatoms. The van der Waals surface area contributed by atoms with E-state index in [0.717, 1.165) is 24.8 Å². The van der Waals surface area contributed by atoms with Crippen molar-refractivity contribution >= 4 is 0 Å². The van der Waals surface area contributed by atoms with Crippen molar-refractivity contribution in [1.82, 2.24) is 5.32 Å². The van der Waals surface area contributed by atoms with Crippen LogP contribution in [0.15, 0.2) is 16.5 Å². The monoisotopic (exact) mass is 277 g/mol. The average Bonchev–Trinajstić information content (AvgIpc) is 2.93. The molecule has 1 aromatic heterocycles. The van der Waals surface area contributed by atoms with E-state index in [1.165, 1.54) is 37.9 Å². The molecule has 0 aromatic carbocycles. The topological polar surface area (TPSA) is 25.2 Å². The van der Waals surface area contributed by atoms with Crippen LogP contribution in [0.4, 0.5) is 0 Å². The first kappa shape index (κ1) is 15.6. The van der Waals surface area contributed by atoms with E-state index in [0.29, 0.717) is 11.3 Å². The SMILES string of the molecule is CCCCCC(C)(C)CNCc1ccc(C2CC2C)o1. The fraction of sp³-hybridized carbons (Fsp3) is 0.778. The van der Waals surface area contributed by atoms with Gasteiger partial charge in [0.25, 0.3) is 0 Å². The summed E-state index contributed by atoms with van der Waals surface area (Å²) in [6.45, 7) is 11.2. The second kappa shape index (κ2) is 6.80. The Hall–Kier alpha value is -0.760. The van der Waals surface area contributed by atoms with E-state index in [9.17, 15) is 0 Å². The van der Waals surface area contributed by atoms with Crippen LogP contribution in [0.1, 0.15) is 77.2 Å². The van der Waals surface area contributed by atoms with Gasteiger partial charge in [-0.2, -0.15) is 0 Å². The summed E-state index contributed by atoms with van der Waals surface area (Å²) in [7, 11) is 0.